The molecule has 0 saturated carbocycles. The molecule has 0 aliphatic carbocycles. The van der Waals surface area contributed by atoms with Gasteiger partial charge >= 0.3 is 5.97 Å². The van der Waals surface area contributed by atoms with Crippen molar-refractivity contribution in [3.05, 3.63) is 106 Å². The summed E-state index contributed by atoms with van der Waals surface area (Å²) >= 11 is 3.53. The number of para-hydroxylation sites is 1. The third-order valence-corrected chi connectivity index (χ3v) is 5.80. The topological polar surface area (TPSA) is 55.8 Å². The number of amides is 1. The highest BCUT2D eigenvalue weighted by molar-refractivity contribution is 9.10. The minimum atomic E-state index is -0.501. The Morgan fingerprint density at radius 3 is 2.45 bits per heavy atom. The molecule has 1 aliphatic rings. The Morgan fingerprint density at radius 2 is 1.76 bits per heavy atom. The lowest BCUT2D eigenvalue weighted by Crippen LogP contribution is -2.27. The van der Waals surface area contributed by atoms with Crippen LogP contribution in [0.25, 0.3) is 11.8 Å². The van der Waals surface area contributed by atoms with Crippen molar-refractivity contribution in [1.29, 1.82) is 0 Å². The summed E-state index contributed by atoms with van der Waals surface area (Å²) in [6.45, 7) is 2.49. The van der Waals surface area contributed by atoms with Crippen LogP contribution in [0.5, 0.6) is 5.75 Å². The fourth-order valence-corrected chi connectivity index (χ4v) is 4.20. The zero-order chi connectivity index (χ0) is 23.4. The van der Waals surface area contributed by atoms with Gasteiger partial charge in [0.1, 0.15) is 5.75 Å². The fraction of sp³-hybridized carbons (Fsp3) is 0.111. The Kier molecular flexibility index (Phi) is 6.75. The Bertz CT molecular complexity index is 1260. The second kappa shape index (κ2) is 9.88. The minimum Gasteiger partial charge on any atom is -0.493 e. The normalized spacial score (nSPS) is 14.4. The van der Waals surface area contributed by atoms with E-state index >= 15 is 0 Å². The Morgan fingerprint density at radius 1 is 1.03 bits per heavy atom. The summed E-state index contributed by atoms with van der Waals surface area (Å²) in [6.07, 6.45) is 3.67. The number of hydrogen-bond acceptors (Lipinski definition) is 4. The maximum atomic E-state index is 13.6. The summed E-state index contributed by atoms with van der Waals surface area (Å²) in [5, 5.41) is 0. The maximum absolute atomic E-state index is 13.6. The van der Waals surface area contributed by atoms with Crippen LogP contribution in [0.4, 0.5) is 5.69 Å². The van der Waals surface area contributed by atoms with E-state index in [0.717, 1.165) is 21.3 Å². The summed E-state index contributed by atoms with van der Waals surface area (Å²) in [7, 11) is 1.33. The van der Waals surface area contributed by atoms with Gasteiger partial charge in [-0.1, -0.05) is 48.5 Å². The van der Waals surface area contributed by atoms with Gasteiger partial charge < -0.3 is 9.47 Å². The zero-order valence-corrected chi connectivity index (χ0v) is 19.8. The number of esters is 1. The predicted octanol–water partition coefficient (Wildman–Crippen LogP) is 6.11. The molecular weight excluding hydrogens is 482 g/mol. The second-order valence-corrected chi connectivity index (χ2v) is 8.12. The first kappa shape index (κ1) is 22.6. The lowest BCUT2D eigenvalue weighted by molar-refractivity contribution is -0.113. The van der Waals surface area contributed by atoms with Crippen molar-refractivity contribution in [2.24, 2.45) is 0 Å². The first-order valence-electron chi connectivity index (χ1n) is 10.5. The molecule has 0 aromatic heterocycles. The molecule has 1 amide bonds. The van der Waals surface area contributed by atoms with Crippen molar-refractivity contribution in [2.75, 3.05) is 18.6 Å². The van der Waals surface area contributed by atoms with Crippen LogP contribution in [0.1, 0.15) is 28.4 Å². The van der Waals surface area contributed by atoms with Crippen LogP contribution in [0.2, 0.25) is 0 Å². The number of halogens is 1. The summed E-state index contributed by atoms with van der Waals surface area (Å²) in [5.74, 6) is 0.0143. The van der Waals surface area contributed by atoms with Gasteiger partial charge in [0.25, 0.3) is 5.91 Å². The highest BCUT2D eigenvalue weighted by atomic mass is 79.9. The van der Waals surface area contributed by atoms with Crippen LogP contribution in [0.3, 0.4) is 0 Å². The van der Waals surface area contributed by atoms with Gasteiger partial charge in [-0.3, -0.25) is 9.69 Å². The largest absolute Gasteiger partial charge is 0.493 e. The van der Waals surface area contributed by atoms with Gasteiger partial charge in [0.2, 0.25) is 0 Å². The van der Waals surface area contributed by atoms with Crippen LogP contribution in [0, 0.1) is 0 Å². The molecule has 0 radical (unpaired) electrons. The molecule has 0 N–H and O–H groups in total. The molecule has 0 saturated heterocycles. The molecule has 4 rings (SSSR count). The van der Waals surface area contributed by atoms with E-state index in [0.29, 0.717) is 29.1 Å². The summed E-state index contributed by atoms with van der Waals surface area (Å²) < 4.78 is 11.3. The van der Waals surface area contributed by atoms with Crippen molar-refractivity contribution < 1.29 is 19.1 Å². The smallest absolute Gasteiger partial charge is 0.339 e. The second-order valence-electron chi connectivity index (χ2n) is 7.27. The Hall–Kier alpha value is -3.64. The van der Waals surface area contributed by atoms with Gasteiger partial charge in [-0.05, 0) is 70.4 Å². The van der Waals surface area contributed by atoms with Crippen molar-refractivity contribution in [3.8, 4) is 5.75 Å². The number of hydrogen-bond donors (Lipinski definition) is 0. The number of benzene rings is 3. The Labute approximate surface area is 201 Å². The number of carbonyl (C=O) groups excluding carboxylic acids is 2. The fourth-order valence-electron chi connectivity index (χ4n) is 3.69. The van der Waals surface area contributed by atoms with Crippen LogP contribution in [-0.2, 0) is 9.53 Å². The van der Waals surface area contributed by atoms with Crippen LogP contribution in [-0.4, -0.2) is 25.6 Å². The third-order valence-electron chi connectivity index (χ3n) is 5.18. The maximum Gasteiger partial charge on any atom is 0.339 e. The van der Waals surface area contributed by atoms with E-state index in [1.807, 2.05) is 67.6 Å². The molecule has 5 nitrogen and oxygen atoms in total. The zero-order valence-electron chi connectivity index (χ0n) is 18.2. The number of anilines is 1. The number of rotatable bonds is 6. The number of carbonyl (C=O) groups is 2. The lowest BCUT2D eigenvalue weighted by Gasteiger charge is -2.23. The van der Waals surface area contributed by atoms with Gasteiger partial charge in [-0.25, -0.2) is 4.79 Å². The van der Waals surface area contributed by atoms with Crippen LogP contribution >= 0.6 is 15.9 Å². The molecule has 0 atom stereocenters. The van der Waals surface area contributed by atoms with Gasteiger partial charge in [0.05, 0.1) is 35.1 Å². The van der Waals surface area contributed by atoms with Crippen LogP contribution in [0.15, 0.2) is 88.9 Å². The molecule has 6 heteroatoms. The molecule has 0 fully saturated rings. The summed E-state index contributed by atoms with van der Waals surface area (Å²) in [6, 6.07) is 22.2. The molecular formula is C27H22BrNO4. The van der Waals surface area contributed by atoms with Crippen molar-refractivity contribution >= 4 is 45.3 Å². The molecule has 3 aromatic carbocycles. The first-order chi connectivity index (χ1) is 16.0. The van der Waals surface area contributed by atoms with E-state index in [2.05, 4.69) is 15.9 Å². The first-order valence-corrected chi connectivity index (χ1v) is 11.3. The molecule has 0 bridgehead atoms. The van der Waals surface area contributed by atoms with Crippen molar-refractivity contribution in [1.82, 2.24) is 0 Å². The van der Waals surface area contributed by atoms with E-state index in [4.69, 9.17) is 9.47 Å². The van der Waals surface area contributed by atoms with E-state index < -0.39 is 5.97 Å². The lowest BCUT2D eigenvalue weighted by atomic mass is 10.1. The molecule has 0 spiro atoms. The quantitative estimate of drug-likeness (QED) is 0.301. The summed E-state index contributed by atoms with van der Waals surface area (Å²) in [5.41, 5.74) is 3.70. The highest BCUT2D eigenvalue weighted by Crippen LogP contribution is 2.37. The third kappa shape index (κ3) is 4.61. The SMILES string of the molecule is CCOc1ccc(/C=C2\C=C(c3ccccc3)N(c3ccccc3C(=O)OC)C2=O)cc1Br. The molecule has 1 heterocycles. The van der Waals surface area contributed by atoms with Gasteiger partial charge in [-0.15, -0.1) is 0 Å². The highest BCUT2D eigenvalue weighted by Gasteiger charge is 2.33. The van der Waals surface area contributed by atoms with Gasteiger partial charge in [-0.2, -0.15) is 0 Å². The Balaban J connectivity index is 1.82. The molecule has 0 unspecified atom stereocenters. The van der Waals surface area contributed by atoms with Gasteiger partial charge in [0, 0.05) is 5.57 Å². The number of methoxy groups -OCH3 is 1. The summed E-state index contributed by atoms with van der Waals surface area (Å²) in [4.78, 5) is 27.6. The molecule has 33 heavy (non-hydrogen) atoms. The van der Waals surface area contributed by atoms with E-state index in [1.54, 1.807) is 29.2 Å². The monoisotopic (exact) mass is 503 g/mol. The predicted molar refractivity (Wildman–Crippen MR) is 133 cm³/mol. The van der Waals surface area contributed by atoms with E-state index in [1.165, 1.54) is 7.11 Å². The number of nitrogens with zero attached hydrogens (tertiary/aromatic N) is 1. The average Bonchev–Trinajstić information content (AvgIpc) is 3.16. The van der Waals surface area contributed by atoms with Crippen LogP contribution < -0.4 is 9.64 Å². The van der Waals surface area contributed by atoms with Crippen molar-refractivity contribution in [2.45, 2.75) is 6.92 Å². The molecule has 166 valence electrons. The van der Waals surface area contributed by atoms with Crippen molar-refractivity contribution in [3.63, 3.8) is 0 Å². The number of ether oxygens (including phenoxy) is 2. The minimum absolute atomic E-state index is 0.227. The average molecular weight is 504 g/mol. The standard InChI is InChI=1S/C27H22BrNO4/c1-3-33-25-14-13-18(16-22(25)28)15-20-17-24(19-9-5-4-6-10-19)29(26(20)30)23-12-8-7-11-21(23)27(31)32-2/h4-17H,3H2,1-2H3/b20-15+. The molecule has 1 aliphatic heterocycles. The van der Waals surface area contributed by atoms with E-state index in [9.17, 15) is 9.59 Å². The van der Waals surface area contributed by atoms with Gasteiger partial charge in [0.15, 0.2) is 0 Å². The van der Waals surface area contributed by atoms with E-state index in [-0.39, 0.29) is 5.91 Å². The molecule has 3 aromatic rings.